The zero-order chi connectivity index (χ0) is 28.8. The number of amides is 3. The van der Waals surface area contributed by atoms with Crippen molar-refractivity contribution in [3.8, 4) is 5.75 Å². The quantitative estimate of drug-likeness (QED) is 0.334. The van der Waals surface area contributed by atoms with E-state index >= 15 is 0 Å². The van der Waals surface area contributed by atoms with E-state index in [-0.39, 0.29) is 37.5 Å². The monoisotopic (exact) mass is 578 g/mol. The van der Waals surface area contributed by atoms with Crippen LogP contribution >= 0.6 is 11.8 Å². The highest BCUT2D eigenvalue weighted by atomic mass is 32.2. The van der Waals surface area contributed by atoms with Gasteiger partial charge in [-0.05, 0) is 69.5 Å². The van der Waals surface area contributed by atoms with Crippen LogP contribution in [0.1, 0.15) is 33.1 Å². The first-order chi connectivity index (χ1) is 19.8. The maximum Gasteiger partial charge on any atom is 0.245 e. The number of aliphatic hydroxyl groups excluding tert-OH is 1. The number of para-hydroxylation sites is 1. The van der Waals surface area contributed by atoms with Crippen molar-refractivity contribution < 1.29 is 24.2 Å². The van der Waals surface area contributed by atoms with Crippen molar-refractivity contribution in [3.63, 3.8) is 0 Å². The van der Waals surface area contributed by atoms with E-state index in [0.29, 0.717) is 37.3 Å². The average molecular weight is 579 g/mol. The Kier molecular flexibility index (Phi) is 7.14. The zero-order valence-corrected chi connectivity index (χ0v) is 23.9. The molecule has 3 aliphatic heterocycles. The highest BCUT2D eigenvalue weighted by molar-refractivity contribution is 8.02. The third-order valence-corrected chi connectivity index (χ3v) is 10.6. The van der Waals surface area contributed by atoms with Gasteiger partial charge in [0.1, 0.15) is 24.0 Å². The number of hydrogen-bond acceptors (Lipinski definition) is 8. The Bertz CT molecular complexity index is 1480. The smallest absolute Gasteiger partial charge is 0.245 e. The van der Waals surface area contributed by atoms with Crippen molar-refractivity contribution in [3.05, 3.63) is 48.5 Å². The SMILES string of the molecule is CCOc1ccc(NC(=O)[C@@H]2[C@H]3C(=O)N(CCCO)C(C(=O)NCn4nnc5ccccc54)C34CC[C@@]2(C)S4)cc1. The fourth-order valence-corrected chi connectivity index (χ4v) is 9.27. The Labute approximate surface area is 242 Å². The van der Waals surface area contributed by atoms with Crippen LogP contribution in [0.25, 0.3) is 11.0 Å². The van der Waals surface area contributed by atoms with E-state index in [0.717, 1.165) is 11.0 Å². The summed E-state index contributed by atoms with van der Waals surface area (Å²) in [5.74, 6) is -1.24. The molecule has 5 atom stereocenters. The van der Waals surface area contributed by atoms with Gasteiger partial charge < -0.3 is 25.4 Å². The summed E-state index contributed by atoms with van der Waals surface area (Å²) < 4.78 is 5.89. The van der Waals surface area contributed by atoms with Crippen LogP contribution in [0.2, 0.25) is 0 Å². The minimum atomic E-state index is -0.767. The largest absolute Gasteiger partial charge is 0.494 e. The number of aliphatic hydroxyl groups is 1. The lowest BCUT2D eigenvalue weighted by molar-refractivity contribution is -0.139. The van der Waals surface area contributed by atoms with Gasteiger partial charge in [0.2, 0.25) is 17.7 Å². The number of hydrogen-bond donors (Lipinski definition) is 3. The number of benzene rings is 2. The van der Waals surface area contributed by atoms with Gasteiger partial charge in [-0.15, -0.1) is 16.9 Å². The molecule has 216 valence electrons. The Balaban J connectivity index is 1.26. The second kappa shape index (κ2) is 10.6. The molecule has 2 unspecified atom stereocenters. The van der Waals surface area contributed by atoms with Gasteiger partial charge in [-0.2, -0.15) is 0 Å². The zero-order valence-electron chi connectivity index (χ0n) is 23.1. The molecule has 4 heterocycles. The van der Waals surface area contributed by atoms with Crippen LogP contribution in [0.4, 0.5) is 5.69 Å². The number of thioether (sulfide) groups is 1. The van der Waals surface area contributed by atoms with Gasteiger partial charge in [-0.1, -0.05) is 17.3 Å². The van der Waals surface area contributed by atoms with Gasteiger partial charge in [0.15, 0.2) is 0 Å². The molecule has 3 aromatic rings. The molecule has 1 aromatic heterocycles. The molecule has 11 nitrogen and oxygen atoms in total. The van der Waals surface area contributed by atoms with Crippen LogP contribution < -0.4 is 15.4 Å². The second-order valence-electron chi connectivity index (χ2n) is 11.1. The number of nitrogens with zero attached hydrogens (tertiary/aromatic N) is 4. The molecular formula is C29H34N6O5S. The third kappa shape index (κ3) is 4.53. The van der Waals surface area contributed by atoms with Crippen LogP contribution in [0, 0.1) is 11.8 Å². The fourth-order valence-electron chi connectivity index (χ4n) is 6.91. The highest BCUT2D eigenvalue weighted by Crippen LogP contribution is 2.71. The fraction of sp³-hybridized carbons (Fsp3) is 0.483. The van der Waals surface area contributed by atoms with Crippen molar-refractivity contribution in [2.75, 3.05) is 25.1 Å². The number of nitrogens with one attached hydrogen (secondary N) is 2. The van der Waals surface area contributed by atoms with Crippen LogP contribution in [0.15, 0.2) is 48.5 Å². The molecule has 0 radical (unpaired) electrons. The van der Waals surface area contributed by atoms with Gasteiger partial charge in [-0.3, -0.25) is 14.4 Å². The van der Waals surface area contributed by atoms with Crippen molar-refractivity contribution >= 4 is 46.2 Å². The summed E-state index contributed by atoms with van der Waals surface area (Å²) in [7, 11) is 0. The van der Waals surface area contributed by atoms with Gasteiger partial charge in [0.25, 0.3) is 0 Å². The summed E-state index contributed by atoms with van der Waals surface area (Å²) >= 11 is 1.61. The molecule has 41 heavy (non-hydrogen) atoms. The lowest BCUT2D eigenvalue weighted by Crippen LogP contribution is -2.54. The van der Waals surface area contributed by atoms with Crippen LogP contribution in [-0.4, -0.2) is 78.0 Å². The summed E-state index contributed by atoms with van der Waals surface area (Å²) in [4.78, 5) is 43.4. The van der Waals surface area contributed by atoms with Crippen LogP contribution in [-0.2, 0) is 21.1 Å². The number of carbonyl (C=O) groups excluding carboxylic acids is 3. The van der Waals surface area contributed by atoms with Crippen molar-refractivity contribution in [1.29, 1.82) is 0 Å². The Morgan fingerprint density at radius 3 is 2.68 bits per heavy atom. The molecule has 3 saturated heterocycles. The molecule has 6 rings (SSSR count). The maximum absolute atomic E-state index is 14.1. The molecule has 0 saturated carbocycles. The number of anilines is 1. The Hall–Kier alpha value is -3.64. The summed E-state index contributed by atoms with van der Waals surface area (Å²) in [5, 5.41) is 23.9. The van der Waals surface area contributed by atoms with Crippen molar-refractivity contribution in [2.24, 2.45) is 11.8 Å². The van der Waals surface area contributed by atoms with E-state index in [1.807, 2.05) is 38.1 Å². The summed E-state index contributed by atoms with van der Waals surface area (Å²) in [5.41, 5.74) is 2.14. The second-order valence-corrected chi connectivity index (χ2v) is 13.0. The molecule has 3 amide bonds. The van der Waals surface area contributed by atoms with E-state index in [4.69, 9.17) is 4.74 Å². The summed E-state index contributed by atoms with van der Waals surface area (Å²) in [6.45, 7) is 4.73. The molecule has 12 heteroatoms. The minimum absolute atomic E-state index is 0.0994. The van der Waals surface area contributed by atoms with E-state index in [1.165, 1.54) is 0 Å². The average Bonchev–Trinajstić information content (AvgIpc) is 3.67. The molecule has 3 fully saturated rings. The molecule has 1 spiro atoms. The Morgan fingerprint density at radius 1 is 1.15 bits per heavy atom. The molecule has 0 aliphatic carbocycles. The van der Waals surface area contributed by atoms with E-state index < -0.39 is 27.4 Å². The number of fused-ring (bicyclic) bond motifs is 2. The predicted molar refractivity (Wildman–Crippen MR) is 154 cm³/mol. The third-order valence-electron chi connectivity index (χ3n) is 8.62. The van der Waals surface area contributed by atoms with Crippen LogP contribution in [0.3, 0.4) is 0 Å². The normalized spacial score (nSPS) is 28.2. The molecule has 2 bridgehead atoms. The lowest BCUT2D eigenvalue weighted by atomic mass is 9.66. The summed E-state index contributed by atoms with van der Waals surface area (Å²) in [6.07, 6.45) is 1.71. The number of rotatable bonds is 10. The maximum atomic E-state index is 14.1. The van der Waals surface area contributed by atoms with E-state index in [9.17, 15) is 19.5 Å². The van der Waals surface area contributed by atoms with Gasteiger partial charge in [0, 0.05) is 23.6 Å². The Morgan fingerprint density at radius 2 is 1.93 bits per heavy atom. The number of aromatic nitrogens is 3. The van der Waals surface area contributed by atoms with E-state index in [2.05, 4.69) is 20.9 Å². The lowest BCUT2D eigenvalue weighted by Gasteiger charge is -2.34. The van der Waals surface area contributed by atoms with Gasteiger partial charge in [0.05, 0.1) is 28.7 Å². The molecular weight excluding hydrogens is 544 g/mol. The topological polar surface area (TPSA) is 139 Å². The predicted octanol–water partition coefficient (Wildman–Crippen LogP) is 2.41. The first-order valence-electron chi connectivity index (χ1n) is 14.0. The molecule has 2 aromatic carbocycles. The first-order valence-corrected chi connectivity index (χ1v) is 14.8. The van der Waals surface area contributed by atoms with Crippen LogP contribution in [0.5, 0.6) is 5.75 Å². The highest BCUT2D eigenvalue weighted by Gasteiger charge is 2.77. The number of carbonyl (C=O) groups is 3. The van der Waals surface area contributed by atoms with Gasteiger partial charge in [-0.25, -0.2) is 4.68 Å². The number of ether oxygens (including phenoxy) is 1. The van der Waals surface area contributed by atoms with E-state index in [1.54, 1.807) is 45.6 Å². The first kappa shape index (κ1) is 27.5. The molecule has 3 aliphatic rings. The standard InChI is InChI=1S/C29H34N6O5S/c1-3-40-19-11-9-18(10-12-19)31-25(37)22-23-27(39)34(15-6-16-36)24(29(23)14-13-28(22,2)41-29)26(38)30-17-35-21-8-5-4-7-20(21)32-33-35/h4-5,7-12,22-24,36H,3,6,13-17H2,1-2H3,(H,30,38)(H,31,37)/t22-,23-,24?,28+,29?/m0/s1. The van der Waals surface area contributed by atoms with Gasteiger partial charge >= 0.3 is 0 Å². The summed E-state index contributed by atoms with van der Waals surface area (Å²) in [6, 6.07) is 13.9. The van der Waals surface area contributed by atoms with Crippen molar-refractivity contribution in [1.82, 2.24) is 25.2 Å². The number of likely N-dealkylation sites (tertiary alicyclic amines) is 1. The van der Waals surface area contributed by atoms with Crippen molar-refractivity contribution in [2.45, 2.75) is 55.3 Å². The molecule has 3 N–H and O–H groups in total. The minimum Gasteiger partial charge on any atom is -0.494 e.